The van der Waals surface area contributed by atoms with E-state index in [4.69, 9.17) is 14.9 Å². The van der Waals surface area contributed by atoms with Crippen LogP contribution in [0.3, 0.4) is 0 Å². The third kappa shape index (κ3) is 3.36. The molecule has 1 atom stereocenters. The highest BCUT2D eigenvalue weighted by molar-refractivity contribution is 5.90. The Kier molecular flexibility index (Phi) is 4.99. The summed E-state index contributed by atoms with van der Waals surface area (Å²) in [6.45, 7) is 2.39. The van der Waals surface area contributed by atoms with Crippen LogP contribution in [0.2, 0.25) is 0 Å². The number of esters is 1. The zero-order valence-corrected chi connectivity index (χ0v) is 11.4. The van der Waals surface area contributed by atoms with Crippen molar-refractivity contribution < 1.29 is 13.9 Å². The maximum Gasteiger partial charge on any atom is 0.341 e. The van der Waals surface area contributed by atoms with Gasteiger partial charge in [-0.05, 0) is 38.4 Å². The van der Waals surface area contributed by atoms with Crippen LogP contribution in [0.15, 0.2) is 16.7 Å². The van der Waals surface area contributed by atoms with E-state index in [9.17, 15) is 4.79 Å². The molecule has 5 heteroatoms. The fourth-order valence-corrected chi connectivity index (χ4v) is 2.73. The predicted molar refractivity (Wildman–Crippen MR) is 71.8 cm³/mol. The number of nitrogens with two attached hydrogens (primary N) is 1. The van der Waals surface area contributed by atoms with Crippen LogP contribution in [-0.2, 0) is 11.3 Å². The number of furan rings is 1. The van der Waals surface area contributed by atoms with Gasteiger partial charge in [-0.1, -0.05) is 6.42 Å². The number of carbonyl (C=O) groups excluding carboxylic acids is 1. The van der Waals surface area contributed by atoms with Gasteiger partial charge in [0.15, 0.2) is 0 Å². The standard InChI is InChI=1S/C14H22N2O3/c1-18-14(17)12-6-9-19-13(12)10-16-8-3-2-4-11(16)5-7-15/h6,9,11H,2-5,7-8,10,15H2,1H3. The molecular weight excluding hydrogens is 244 g/mol. The summed E-state index contributed by atoms with van der Waals surface area (Å²) in [4.78, 5) is 14.0. The van der Waals surface area contributed by atoms with Gasteiger partial charge >= 0.3 is 5.97 Å². The van der Waals surface area contributed by atoms with Crippen LogP contribution < -0.4 is 5.73 Å². The summed E-state index contributed by atoms with van der Waals surface area (Å²) in [5.41, 5.74) is 6.20. The number of rotatable bonds is 5. The van der Waals surface area contributed by atoms with Crippen LogP contribution in [0, 0.1) is 0 Å². The minimum absolute atomic E-state index is 0.337. The van der Waals surface area contributed by atoms with Crippen molar-refractivity contribution in [1.29, 1.82) is 0 Å². The minimum atomic E-state index is -0.337. The van der Waals surface area contributed by atoms with Gasteiger partial charge < -0.3 is 14.9 Å². The van der Waals surface area contributed by atoms with E-state index >= 15 is 0 Å². The lowest BCUT2D eigenvalue weighted by atomic mass is 9.99. The van der Waals surface area contributed by atoms with Crippen molar-refractivity contribution in [3.63, 3.8) is 0 Å². The third-order valence-electron chi connectivity index (χ3n) is 3.75. The first-order valence-electron chi connectivity index (χ1n) is 6.85. The van der Waals surface area contributed by atoms with Crippen molar-refractivity contribution in [2.24, 2.45) is 5.73 Å². The van der Waals surface area contributed by atoms with Crippen molar-refractivity contribution in [1.82, 2.24) is 4.90 Å². The Morgan fingerprint density at radius 3 is 3.16 bits per heavy atom. The van der Waals surface area contributed by atoms with E-state index < -0.39 is 0 Å². The van der Waals surface area contributed by atoms with Gasteiger partial charge in [0.2, 0.25) is 0 Å². The molecule has 106 valence electrons. The van der Waals surface area contributed by atoms with Crippen molar-refractivity contribution >= 4 is 5.97 Å². The number of hydrogen-bond donors (Lipinski definition) is 1. The molecule has 1 aliphatic heterocycles. The van der Waals surface area contributed by atoms with Crippen molar-refractivity contribution in [2.45, 2.75) is 38.3 Å². The predicted octanol–water partition coefficient (Wildman–Crippen LogP) is 1.77. The van der Waals surface area contributed by atoms with Crippen molar-refractivity contribution in [3.8, 4) is 0 Å². The average molecular weight is 266 g/mol. The molecule has 1 fully saturated rings. The van der Waals surface area contributed by atoms with Crippen LogP contribution in [-0.4, -0.2) is 37.1 Å². The Bertz CT molecular complexity index is 415. The normalized spacial score (nSPS) is 20.4. The highest BCUT2D eigenvalue weighted by Gasteiger charge is 2.25. The Balaban J connectivity index is 2.06. The van der Waals surface area contributed by atoms with E-state index in [0.29, 0.717) is 30.5 Å². The number of carbonyl (C=O) groups is 1. The van der Waals surface area contributed by atoms with Gasteiger partial charge in [-0.2, -0.15) is 0 Å². The summed E-state index contributed by atoms with van der Waals surface area (Å²) in [7, 11) is 1.39. The number of piperidine rings is 1. The lowest BCUT2D eigenvalue weighted by Gasteiger charge is -2.35. The van der Waals surface area contributed by atoms with Gasteiger partial charge in [0, 0.05) is 6.04 Å². The van der Waals surface area contributed by atoms with Crippen LogP contribution in [0.25, 0.3) is 0 Å². The van der Waals surface area contributed by atoms with E-state index in [-0.39, 0.29) is 5.97 Å². The van der Waals surface area contributed by atoms with Gasteiger partial charge in [0.25, 0.3) is 0 Å². The first-order chi connectivity index (χ1) is 9.26. The van der Waals surface area contributed by atoms with Crippen LogP contribution in [0.1, 0.15) is 41.8 Å². The maximum atomic E-state index is 11.6. The van der Waals surface area contributed by atoms with E-state index in [1.54, 1.807) is 12.3 Å². The second-order valence-corrected chi connectivity index (χ2v) is 4.95. The van der Waals surface area contributed by atoms with E-state index in [2.05, 4.69) is 4.90 Å². The molecule has 0 spiro atoms. The summed E-state index contributed by atoms with van der Waals surface area (Å²) >= 11 is 0. The van der Waals surface area contributed by atoms with E-state index in [0.717, 1.165) is 13.0 Å². The van der Waals surface area contributed by atoms with E-state index in [1.165, 1.54) is 26.4 Å². The van der Waals surface area contributed by atoms with Gasteiger partial charge in [-0.15, -0.1) is 0 Å². The van der Waals surface area contributed by atoms with Crippen molar-refractivity contribution in [3.05, 3.63) is 23.7 Å². The minimum Gasteiger partial charge on any atom is -0.467 e. The van der Waals surface area contributed by atoms with Crippen LogP contribution in [0.5, 0.6) is 0 Å². The van der Waals surface area contributed by atoms with Crippen LogP contribution >= 0.6 is 0 Å². The molecule has 1 aromatic heterocycles. The SMILES string of the molecule is COC(=O)c1ccoc1CN1CCCCC1CCN. The average Bonchev–Trinajstić information content (AvgIpc) is 2.88. The molecule has 5 nitrogen and oxygen atoms in total. The lowest BCUT2D eigenvalue weighted by molar-refractivity contribution is 0.0593. The zero-order chi connectivity index (χ0) is 13.7. The highest BCUT2D eigenvalue weighted by Crippen LogP contribution is 2.23. The smallest absolute Gasteiger partial charge is 0.341 e. The number of nitrogens with zero attached hydrogens (tertiary/aromatic N) is 1. The summed E-state index contributed by atoms with van der Waals surface area (Å²) in [5.74, 6) is 0.354. The third-order valence-corrected chi connectivity index (χ3v) is 3.75. The topological polar surface area (TPSA) is 68.7 Å². The Morgan fingerprint density at radius 2 is 2.42 bits per heavy atom. The highest BCUT2D eigenvalue weighted by atomic mass is 16.5. The summed E-state index contributed by atoms with van der Waals surface area (Å²) < 4.78 is 10.2. The Labute approximate surface area is 113 Å². The van der Waals surface area contributed by atoms with E-state index in [1.807, 2.05) is 0 Å². The second-order valence-electron chi connectivity index (χ2n) is 4.95. The molecule has 0 aliphatic carbocycles. The molecule has 1 aromatic rings. The van der Waals surface area contributed by atoms with Gasteiger partial charge in [0.05, 0.1) is 19.9 Å². The molecule has 0 saturated carbocycles. The molecule has 19 heavy (non-hydrogen) atoms. The number of ether oxygens (including phenoxy) is 1. The molecule has 0 bridgehead atoms. The molecule has 2 N–H and O–H groups in total. The zero-order valence-electron chi connectivity index (χ0n) is 11.4. The fraction of sp³-hybridized carbons (Fsp3) is 0.643. The maximum absolute atomic E-state index is 11.6. The molecule has 0 aromatic carbocycles. The Hall–Kier alpha value is -1.33. The largest absolute Gasteiger partial charge is 0.467 e. The Morgan fingerprint density at radius 1 is 1.58 bits per heavy atom. The van der Waals surface area contributed by atoms with Gasteiger partial charge in [-0.25, -0.2) is 4.79 Å². The molecule has 1 unspecified atom stereocenters. The molecule has 2 rings (SSSR count). The first-order valence-corrected chi connectivity index (χ1v) is 6.85. The molecule has 1 aliphatic rings. The molecule has 0 radical (unpaired) electrons. The quantitative estimate of drug-likeness (QED) is 0.823. The number of methoxy groups -OCH3 is 1. The fourth-order valence-electron chi connectivity index (χ4n) is 2.73. The van der Waals surface area contributed by atoms with Gasteiger partial charge in [-0.3, -0.25) is 4.90 Å². The molecule has 1 saturated heterocycles. The summed E-state index contributed by atoms with van der Waals surface area (Å²) in [6.07, 6.45) is 6.15. The molecular formula is C14H22N2O3. The lowest BCUT2D eigenvalue weighted by Crippen LogP contribution is -2.40. The number of likely N-dealkylation sites (tertiary alicyclic amines) is 1. The number of hydrogen-bond acceptors (Lipinski definition) is 5. The van der Waals surface area contributed by atoms with Crippen LogP contribution in [0.4, 0.5) is 0 Å². The van der Waals surface area contributed by atoms with Gasteiger partial charge in [0.1, 0.15) is 11.3 Å². The molecule has 0 amide bonds. The summed E-state index contributed by atoms with van der Waals surface area (Å²) in [5, 5.41) is 0. The second kappa shape index (κ2) is 6.73. The van der Waals surface area contributed by atoms with Crippen molar-refractivity contribution in [2.75, 3.05) is 20.2 Å². The monoisotopic (exact) mass is 266 g/mol. The first kappa shape index (κ1) is 14.1. The molecule has 2 heterocycles. The summed E-state index contributed by atoms with van der Waals surface area (Å²) in [6, 6.07) is 2.16.